The molecule has 21 heavy (non-hydrogen) atoms. The number of aromatic carboxylic acids is 1. The lowest BCUT2D eigenvalue weighted by Crippen LogP contribution is -2.15. The van der Waals surface area contributed by atoms with E-state index < -0.39 is 16.0 Å². The molecule has 0 unspecified atom stereocenters. The zero-order chi connectivity index (χ0) is 15.5. The van der Waals surface area contributed by atoms with Gasteiger partial charge in [0.15, 0.2) is 0 Å². The van der Waals surface area contributed by atoms with Crippen molar-refractivity contribution in [2.75, 3.05) is 4.72 Å². The average molecular weight is 305 g/mol. The van der Waals surface area contributed by atoms with Gasteiger partial charge in [-0.15, -0.1) is 0 Å². The summed E-state index contributed by atoms with van der Waals surface area (Å²) in [5.41, 5.74) is 1.70. The fourth-order valence-corrected chi connectivity index (χ4v) is 3.17. The van der Waals surface area contributed by atoms with Gasteiger partial charge >= 0.3 is 5.97 Å². The van der Waals surface area contributed by atoms with Crippen molar-refractivity contribution in [3.63, 3.8) is 0 Å². The maximum atomic E-state index is 12.1. The Morgan fingerprint density at radius 3 is 2.38 bits per heavy atom. The molecule has 5 nitrogen and oxygen atoms in total. The van der Waals surface area contributed by atoms with Crippen LogP contribution in [0.3, 0.4) is 0 Å². The van der Waals surface area contributed by atoms with E-state index in [1.807, 2.05) is 6.07 Å². The number of carboxylic acids is 1. The number of carbonyl (C=O) groups is 1. The van der Waals surface area contributed by atoms with Crippen molar-refractivity contribution in [3.8, 4) is 0 Å². The van der Waals surface area contributed by atoms with Crippen LogP contribution in [0, 0.1) is 6.92 Å². The predicted molar refractivity (Wildman–Crippen MR) is 80.8 cm³/mol. The van der Waals surface area contributed by atoms with E-state index in [1.165, 1.54) is 18.2 Å². The van der Waals surface area contributed by atoms with Crippen LogP contribution in [0.4, 0.5) is 5.69 Å². The van der Waals surface area contributed by atoms with Gasteiger partial charge in [-0.2, -0.15) is 0 Å². The first-order valence-corrected chi connectivity index (χ1v) is 7.91. The number of sulfonamides is 1. The second-order valence-corrected chi connectivity index (χ2v) is 6.40. The molecular weight excluding hydrogens is 290 g/mol. The Bertz CT molecular complexity index is 754. The van der Waals surface area contributed by atoms with E-state index in [9.17, 15) is 13.2 Å². The van der Waals surface area contributed by atoms with Crippen molar-refractivity contribution in [2.45, 2.75) is 12.7 Å². The largest absolute Gasteiger partial charge is 0.478 e. The third-order valence-corrected chi connectivity index (χ3v) is 4.19. The van der Waals surface area contributed by atoms with Crippen molar-refractivity contribution in [1.29, 1.82) is 0 Å². The van der Waals surface area contributed by atoms with Gasteiger partial charge in [0.1, 0.15) is 0 Å². The SMILES string of the molecule is Cc1cc(NS(=O)(=O)Cc2ccccc2)ccc1C(=O)O. The summed E-state index contributed by atoms with van der Waals surface area (Å²) in [5, 5.41) is 8.95. The minimum absolute atomic E-state index is 0.131. The molecule has 2 N–H and O–H groups in total. The Hall–Kier alpha value is -2.34. The van der Waals surface area contributed by atoms with E-state index in [2.05, 4.69) is 4.72 Å². The van der Waals surface area contributed by atoms with E-state index in [4.69, 9.17) is 5.11 Å². The highest BCUT2D eigenvalue weighted by Gasteiger charge is 2.13. The van der Waals surface area contributed by atoms with Crippen molar-refractivity contribution in [1.82, 2.24) is 0 Å². The Morgan fingerprint density at radius 1 is 1.14 bits per heavy atom. The van der Waals surface area contributed by atoms with Gasteiger partial charge in [0, 0.05) is 5.69 Å². The molecular formula is C15H15NO4S. The minimum Gasteiger partial charge on any atom is -0.478 e. The van der Waals surface area contributed by atoms with Gasteiger partial charge < -0.3 is 5.11 Å². The number of nitrogens with one attached hydrogen (secondary N) is 1. The van der Waals surface area contributed by atoms with Gasteiger partial charge in [-0.25, -0.2) is 13.2 Å². The second kappa shape index (κ2) is 5.97. The highest BCUT2D eigenvalue weighted by Crippen LogP contribution is 2.17. The Kier molecular flexibility index (Phi) is 4.28. The monoisotopic (exact) mass is 305 g/mol. The van der Waals surface area contributed by atoms with Crippen molar-refractivity contribution in [3.05, 3.63) is 65.2 Å². The molecule has 0 saturated carbocycles. The summed E-state index contributed by atoms with van der Waals surface area (Å²) in [6.07, 6.45) is 0. The third-order valence-electron chi connectivity index (χ3n) is 2.93. The Balaban J connectivity index is 2.17. The summed E-state index contributed by atoms with van der Waals surface area (Å²) in [7, 11) is -3.53. The number of aryl methyl sites for hydroxylation is 1. The molecule has 0 radical (unpaired) electrons. The van der Waals surface area contributed by atoms with Crippen LogP contribution in [-0.4, -0.2) is 19.5 Å². The molecule has 0 amide bonds. The first-order chi connectivity index (χ1) is 9.87. The van der Waals surface area contributed by atoms with E-state index in [1.54, 1.807) is 31.2 Å². The summed E-state index contributed by atoms with van der Waals surface area (Å²) < 4.78 is 26.6. The number of benzene rings is 2. The summed E-state index contributed by atoms with van der Waals surface area (Å²) >= 11 is 0. The lowest BCUT2D eigenvalue weighted by atomic mass is 10.1. The molecule has 0 atom stereocenters. The number of rotatable bonds is 5. The maximum absolute atomic E-state index is 12.1. The molecule has 0 bridgehead atoms. The van der Waals surface area contributed by atoms with E-state index in [0.29, 0.717) is 16.8 Å². The first kappa shape index (κ1) is 15.1. The Labute approximate surface area is 123 Å². The van der Waals surface area contributed by atoms with Crippen LogP contribution in [0.1, 0.15) is 21.5 Å². The minimum atomic E-state index is -3.53. The Morgan fingerprint density at radius 2 is 1.81 bits per heavy atom. The molecule has 0 spiro atoms. The molecule has 0 aromatic heterocycles. The molecule has 6 heteroatoms. The molecule has 0 heterocycles. The van der Waals surface area contributed by atoms with Crippen LogP contribution < -0.4 is 4.72 Å². The average Bonchev–Trinajstić information content (AvgIpc) is 2.38. The van der Waals surface area contributed by atoms with Gasteiger partial charge in [0.2, 0.25) is 10.0 Å². The molecule has 0 aliphatic heterocycles. The molecule has 2 aromatic rings. The van der Waals surface area contributed by atoms with Crippen LogP contribution in [0.5, 0.6) is 0 Å². The van der Waals surface area contributed by atoms with Gasteiger partial charge in [0.05, 0.1) is 11.3 Å². The van der Waals surface area contributed by atoms with E-state index in [0.717, 1.165) is 0 Å². The fourth-order valence-electron chi connectivity index (χ4n) is 1.98. The third kappa shape index (κ3) is 4.06. The lowest BCUT2D eigenvalue weighted by molar-refractivity contribution is 0.0696. The number of hydrogen-bond donors (Lipinski definition) is 2. The van der Waals surface area contributed by atoms with Crippen molar-refractivity contribution < 1.29 is 18.3 Å². The highest BCUT2D eigenvalue weighted by atomic mass is 32.2. The molecule has 110 valence electrons. The quantitative estimate of drug-likeness (QED) is 0.889. The number of hydrogen-bond acceptors (Lipinski definition) is 3. The molecule has 0 aliphatic rings. The van der Waals surface area contributed by atoms with Gasteiger partial charge in [-0.1, -0.05) is 30.3 Å². The van der Waals surface area contributed by atoms with E-state index in [-0.39, 0.29) is 11.3 Å². The van der Waals surface area contributed by atoms with Crippen LogP contribution in [-0.2, 0) is 15.8 Å². The molecule has 0 fully saturated rings. The number of carboxylic acid groups (broad SMARTS) is 1. The topological polar surface area (TPSA) is 83.5 Å². The molecule has 0 saturated heterocycles. The highest BCUT2D eigenvalue weighted by molar-refractivity contribution is 7.91. The van der Waals surface area contributed by atoms with Crippen LogP contribution in [0.15, 0.2) is 48.5 Å². The smallest absolute Gasteiger partial charge is 0.335 e. The standard InChI is InChI=1S/C15H15NO4S/c1-11-9-13(7-8-14(11)15(17)18)16-21(19,20)10-12-5-3-2-4-6-12/h2-9,16H,10H2,1H3,(H,17,18). The van der Waals surface area contributed by atoms with Gasteiger partial charge in [-0.05, 0) is 36.2 Å². The normalized spacial score (nSPS) is 11.1. The lowest BCUT2D eigenvalue weighted by Gasteiger charge is -2.10. The number of anilines is 1. The van der Waals surface area contributed by atoms with Gasteiger partial charge in [0.25, 0.3) is 0 Å². The first-order valence-electron chi connectivity index (χ1n) is 6.26. The summed E-state index contributed by atoms with van der Waals surface area (Å²) in [6, 6.07) is 13.2. The summed E-state index contributed by atoms with van der Waals surface area (Å²) in [6.45, 7) is 1.62. The van der Waals surface area contributed by atoms with Crippen molar-refractivity contribution in [2.24, 2.45) is 0 Å². The molecule has 2 aromatic carbocycles. The summed E-state index contributed by atoms with van der Waals surface area (Å²) in [4.78, 5) is 10.9. The van der Waals surface area contributed by atoms with Crippen molar-refractivity contribution >= 4 is 21.7 Å². The molecule has 0 aliphatic carbocycles. The van der Waals surface area contributed by atoms with Gasteiger partial charge in [-0.3, -0.25) is 4.72 Å². The zero-order valence-electron chi connectivity index (χ0n) is 11.4. The fraction of sp³-hybridized carbons (Fsp3) is 0.133. The van der Waals surface area contributed by atoms with E-state index >= 15 is 0 Å². The second-order valence-electron chi connectivity index (χ2n) is 4.68. The maximum Gasteiger partial charge on any atom is 0.335 e. The molecule has 2 rings (SSSR count). The van der Waals surface area contributed by atoms with Crippen LogP contribution >= 0.6 is 0 Å². The van der Waals surface area contributed by atoms with Crippen LogP contribution in [0.2, 0.25) is 0 Å². The van der Waals surface area contributed by atoms with Crippen LogP contribution in [0.25, 0.3) is 0 Å². The predicted octanol–water partition coefficient (Wildman–Crippen LogP) is 2.64. The summed E-state index contributed by atoms with van der Waals surface area (Å²) in [5.74, 6) is -1.17. The zero-order valence-corrected chi connectivity index (χ0v) is 12.2.